The van der Waals surface area contributed by atoms with E-state index in [0.717, 1.165) is 24.4 Å². The summed E-state index contributed by atoms with van der Waals surface area (Å²) in [5.74, 6) is -1.08. The van der Waals surface area contributed by atoms with Crippen molar-refractivity contribution in [1.82, 2.24) is 9.36 Å². The van der Waals surface area contributed by atoms with Crippen molar-refractivity contribution < 1.29 is 13.2 Å². The molecule has 0 aliphatic heterocycles. The average molecular weight is 253 g/mol. The van der Waals surface area contributed by atoms with Gasteiger partial charge in [0.2, 0.25) is 11.0 Å². The van der Waals surface area contributed by atoms with E-state index in [1.54, 1.807) is 0 Å². The SMILES string of the molecule is CCCC(C)(C)Nc1nc(C(F)(F)F)ns1. The van der Waals surface area contributed by atoms with Crippen LogP contribution in [0.3, 0.4) is 0 Å². The Balaban J connectivity index is 2.73. The van der Waals surface area contributed by atoms with Crippen molar-refractivity contribution in [2.45, 2.75) is 45.3 Å². The van der Waals surface area contributed by atoms with Crippen molar-refractivity contribution in [3.63, 3.8) is 0 Å². The van der Waals surface area contributed by atoms with Gasteiger partial charge in [0.1, 0.15) is 0 Å². The quantitative estimate of drug-likeness (QED) is 0.891. The second-order valence-corrected chi connectivity index (χ2v) is 4.93. The Kier molecular flexibility index (Phi) is 3.77. The molecule has 0 atom stereocenters. The summed E-state index contributed by atoms with van der Waals surface area (Å²) in [6, 6.07) is 0. The molecular weight excluding hydrogens is 239 g/mol. The van der Waals surface area contributed by atoms with Crippen LogP contribution in [0.15, 0.2) is 0 Å². The molecule has 1 aromatic rings. The molecule has 0 spiro atoms. The second-order valence-electron chi connectivity index (χ2n) is 4.18. The van der Waals surface area contributed by atoms with Crippen LogP contribution < -0.4 is 5.32 Å². The van der Waals surface area contributed by atoms with Crippen molar-refractivity contribution in [3.8, 4) is 0 Å². The maximum atomic E-state index is 12.2. The van der Waals surface area contributed by atoms with E-state index in [9.17, 15) is 13.2 Å². The van der Waals surface area contributed by atoms with E-state index in [1.807, 2.05) is 20.8 Å². The van der Waals surface area contributed by atoms with Gasteiger partial charge in [-0.2, -0.15) is 22.5 Å². The zero-order chi connectivity index (χ0) is 12.4. The van der Waals surface area contributed by atoms with E-state index in [4.69, 9.17) is 0 Å². The van der Waals surface area contributed by atoms with Gasteiger partial charge < -0.3 is 5.32 Å². The fourth-order valence-electron chi connectivity index (χ4n) is 1.37. The van der Waals surface area contributed by atoms with E-state index in [-0.39, 0.29) is 10.7 Å². The van der Waals surface area contributed by atoms with Gasteiger partial charge in [-0.1, -0.05) is 13.3 Å². The summed E-state index contributed by atoms with van der Waals surface area (Å²) in [5.41, 5.74) is -0.267. The monoisotopic (exact) mass is 253 g/mol. The van der Waals surface area contributed by atoms with Crippen LogP contribution in [0.1, 0.15) is 39.4 Å². The molecule has 7 heteroatoms. The van der Waals surface area contributed by atoms with Crippen molar-refractivity contribution in [2.75, 3.05) is 5.32 Å². The lowest BCUT2D eigenvalue weighted by atomic mass is 10.00. The number of anilines is 1. The molecule has 0 aliphatic rings. The normalized spacial score (nSPS) is 12.9. The maximum Gasteiger partial charge on any atom is 0.452 e. The molecule has 1 aromatic heterocycles. The fourth-order valence-corrected chi connectivity index (χ4v) is 2.13. The molecule has 0 aliphatic carbocycles. The predicted molar refractivity (Wildman–Crippen MR) is 57.5 cm³/mol. The van der Waals surface area contributed by atoms with Gasteiger partial charge in [0.25, 0.3) is 0 Å². The molecule has 92 valence electrons. The summed E-state index contributed by atoms with van der Waals surface area (Å²) >= 11 is 0.737. The summed E-state index contributed by atoms with van der Waals surface area (Å²) in [6.45, 7) is 5.86. The van der Waals surface area contributed by atoms with E-state index in [1.165, 1.54) is 0 Å². The van der Waals surface area contributed by atoms with Gasteiger partial charge >= 0.3 is 6.18 Å². The fraction of sp³-hybridized carbons (Fsp3) is 0.778. The molecular formula is C9H14F3N3S. The van der Waals surface area contributed by atoms with Crippen molar-refractivity contribution in [1.29, 1.82) is 0 Å². The van der Waals surface area contributed by atoms with Gasteiger partial charge in [-0.3, -0.25) is 0 Å². The molecule has 3 nitrogen and oxygen atoms in total. The van der Waals surface area contributed by atoms with E-state index in [2.05, 4.69) is 14.7 Å². The molecule has 0 bridgehead atoms. The van der Waals surface area contributed by atoms with Crippen LogP contribution in [0.4, 0.5) is 18.3 Å². The lowest BCUT2D eigenvalue weighted by molar-refractivity contribution is -0.144. The van der Waals surface area contributed by atoms with Gasteiger partial charge in [0, 0.05) is 17.1 Å². The Labute approximate surface area is 96.3 Å². The summed E-state index contributed by atoms with van der Waals surface area (Å²) in [7, 11) is 0. The van der Waals surface area contributed by atoms with Gasteiger partial charge in [-0.05, 0) is 20.3 Å². The first-order chi connectivity index (χ1) is 7.24. The zero-order valence-corrected chi connectivity index (χ0v) is 10.2. The number of hydrogen-bond acceptors (Lipinski definition) is 4. The van der Waals surface area contributed by atoms with Gasteiger partial charge in [0.05, 0.1) is 0 Å². The second kappa shape index (κ2) is 4.57. The number of nitrogens with zero attached hydrogens (tertiary/aromatic N) is 2. The summed E-state index contributed by atoms with van der Waals surface area (Å²) in [4.78, 5) is 3.42. The first-order valence-corrected chi connectivity index (χ1v) is 5.71. The summed E-state index contributed by atoms with van der Waals surface area (Å²) in [6.07, 6.45) is -2.66. The molecule has 1 heterocycles. The van der Waals surface area contributed by atoms with Crippen molar-refractivity contribution >= 4 is 16.7 Å². The maximum absolute atomic E-state index is 12.2. The highest BCUT2D eigenvalue weighted by atomic mass is 32.1. The van der Waals surface area contributed by atoms with Crippen LogP contribution in [0.2, 0.25) is 0 Å². The van der Waals surface area contributed by atoms with Crippen LogP contribution in [-0.4, -0.2) is 14.9 Å². The lowest BCUT2D eigenvalue weighted by Gasteiger charge is -2.24. The van der Waals surface area contributed by atoms with Crippen molar-refractivity contribution in [2.24, 2.45) is 0 Å². The Morgan fingerprint density at radius 2 is 1.94 bits per heavy atom. The average Bonchev–Trinajstić information content (AvgIpc) is 2.50. The molecule has 1 N–H and O–H groups in total. The minimum absolute atomic E-state index is 0.214. The topological polar surface area (TPSA) is 37.8 Å². The molecule has 0 radical (unpaired) electrons. The minimum atomic E-state index is -4.47. The minimum Gasteiger partial charge on any atom is -0.355 e. The van der Waals surface area contributed by atoms with Crippen LogP contribution in [0, 0.1) is 0 Å². The third-order valence-corrected chi connectivity index (χ3v) is 2.63. The molecule has 0 amide bonds. The van der Waals surface area contributed by atoms with Gasteiger partial charge in [-0.15, -0.1) is 0 Å². The largest absolute Gasteiger partial charge is 0.452 e. The predicted octanol–water partition coefficient (Wildman–Crippen LogP) is 3.55. The van der Waals surface area contributed by atoms with Crippen LogP contribution in [0.25, 0.3) is 0 Å². The van der Waals surface area contributed by atoms with E-state index < -0.39 is 12.0 Å². The number of hydrogen-bond donors (Lipinski definition) is 1. The molecule has 0 saturated heterocycles. The Morgan fingerprint density at radius 3 is 2.38 bits per heavy atom. The Bertz CT molecular complexity index is 346. The standard InChI is InChI=1S/C9H14F3N3S/c1-4-5-8(2,3)14-7-13-6(15-16-7)9(10,11)12/h4-5H2,1-3H3,(H,13,14,15). The highest BCUT2D eigenvalue weighted by Gasteiger charge is 2.36. The Hall–Kier alpha value is -0.850. The van der Waals surface area contributed by atoms with Crippen LogP contribution >= 0.6 is 11.5 Å². The first kappa shape index (κ1) is 13.2. The molecule has 0 unspecified atom stereocenters. The number of aromatic nitrogens is 2. The summed E-state index contributed by atoms with van der Waals surface area (Å²) < 4.78 is 40.0. The smallest absolute Gasteiger partial charge is 0.355 e. The van der Waals surface area contributed by atoms with Crippen molar-refractivity contribution in [3.05, 3.63) is 5.82 Å². The van der Waals surface area contributed by atoms with E-state index in [0.29, 0.717) is 0 Å². The first-order valence-electron chi connectivity index (χ1n) is 4.94. The molecule has 0 saturated carbocycles. The number of nitrogens with one attached hydrogen (secondary N) is 1. The molecule has 1 rings (SSSR count). The van der Waals surface area contributed by atoms with Crippen LogP contribution in [0.5, 0.6) is 0 Å². The molecule has 16 heavy (non-hydrogen) atoms. The highest BCUT2D eigenvalue weighted by molar-refractivity contribution is 7.09. The third kappa shape index (κ3) is 3.62. The van der Waals surface area contributed by atoms with Gasteiger partial charge in [-0.25, -0.2) is 0 Å². The summed E-state index contributed by atoms with van der Waals surface area (Å²) in [5, 5.41) is 3.17. The van der Waals surface area contributed by atoms with Gasteiger partial charge in [0.15, 0.2) is 0 Å². The molecule has 0 fully saturated rings. The van der Waals surface area contributed by atoms with Crippen LogP contribution in [-0.2, 0) is 6.18 Å². The zero-order valence-electron chi connectivity index (χ0n) is 9.35. The molecule has 0 aromatic carbocycles. The van der Waals surface area contributed by atoms with E-state index >= 15 is 0 Å². The lowest BCUT2D eigenvalue weighted by Crippen LogP contribution is -2.30. The number of halogens is 3. The number of rotatable bonds is 4. The number of alkyl halides is 3. The third-order valence-electron chi connectivity index (χ3n) is 2.00. The highest BCUT2D eigenvalue weighted by Crippen LogP contribution is 2.30. The Morgan fingerprint density at radius 1 is 1.31 bits per heavy atom.